The van der Waals surface area contributed by atoms with Gasteiger partial charge in [0.2, 0.25) is 0 Å². The second kappa shape index (κ2) is 8.48. The second-order valence-electron chi connectivity index (χ2n) is 4.90. The van der Waals surface area contributed by atoms with E-state index in [0.29, 0.717) is 11.8 Å². The van der Waals surface area contributed by atoms with Crippen molar-refractivity contribution in [3.63, 3.8) is 0 Å². The molecule has 0 saturated carbocycles. The van der Waals surface area contributed by atoms with Crippen LogP contribution in [0.5, 0.6) is 0 Å². The van der Waals surface area contributed by atoms with Gasteiger partial charge in [0.05, 0.1) is 12.3 Å². The molecule has 0 radical (unpaired) electrons. The zero-order chi connectivity index (χ0) is 13.4. The van der Waals surface area contributed by atoms with E-state index in [9.17, 15) is 4.21 Å². The Morgan fingerprint density at radius 3 is 2.67 bits per heavy atom. The van der Waals surface area contributed by atoms with Gasteiger partial charge in [0.15, 0.2) is 0 Å². The van der Waals surface area contributed by atoms with E-state index in [1.165, 1.54) is 6.42 Å². The van der Waals surface area contributed by atoms with Crippen molar-refractivity contribution in [1.82, 2.24) is 5.32 Å². The van der Waals surface area contributed by atoms with Crippen molar-refractivity contribution < 1.29 is 8.63 Å². The summed E-state index contributed by atoms with van der Waals surface area (Å²) in [7, 11) is -0.786. The summed E-state index contributed by atoms with van der Waals surface area (Å²) in [6, 6.07) is 4.35. The molecule has 1 unspecified atom stereocenters. The Hall–Kier alpha value is -0.610. The summed E-state index contributed by atoms with van der Waals surface area (Å²) in [4.78, 5) is 0. The standard InChI is InChI=1S/C14H25NO2S/c1-4-5-6-9-18(16)11-14-8-7-13(17-14)10-15-12(2)3/h7-8,12,15H,4-6,9-11H2,1-3H3. The lowest BCUT2D eigenvalue weighted by molar-refractivity contribution is 0.445. The minimum absolute atomic E-state index is 0.446. The fourth-order valence-electron chi connectivity index (χ4n) is 1.64. The average Bonchev–Trinajstić information content (AvgIpc) is 2.74. The van der Waals surface area contributed by atoms with Crippen molar-refractivity contribution in [2.45, 2.75) is 58.4 Å². The third-order valence-corrected chi connectivity index (χ3v) is 4.03. The van der Waals surface area contributed by atoms with E-state index in [-0.39, 0.29) is 0 Å². The molecule has 0 fully saturated rings. The molecule has 3 nitrogen and oxygen atoms in total. The quantitative estimate of drug-likeness (QED) is 0.701. The van der Waals surface area contributed by atoms with Crippen LogP contribution >= 0.6 is 0 Å². The average molecular weight is 271 g/mol. The SMILES string of the molecule is CCCCCS(=O)Cc1ccc(CNC(C)C)o1. The minimum atomic E-state index is -0.786. The van der Waals surface area contributed by atoms with E-state index in [1.54, 1.807) is 0 Å². The molecular formula is C14H25NO2S. The highest BCUT2D eigenvalue weighted by Gasteiger charge is 2.07. The Morgan fingerprint density at radius 1 is 1.28 bits per heavy atom. The molecule has 0 aromatic carbocycles. The maximum absolute atomic E-state index is 11.8. The van der Waals surface area contributed by atoms with E-state index in [4.69, 9.17) is 4.42 Å². The monoisotopic (exact) mass is 271 g/mol. The van der Waals surface area contributed by atoms with Crippen LogP contribution in [0.2, 0.25) is 0 Å². The van der Waals surface area contributed by atoms with Crippen LogP contribution < -0.4 is 5.32 Å². The third-order valence-electron chi connectivity index (χ3n) is 2.68. The molecule has 0 amide bonds. The van der Waals surface area contributed by atoms with Crippen molar-refractivity contribution in [3.8, 4) is 0 Å². The summed E-state index contributed by atoms with van der Waals surface area (Å²) < 4.78 is 17.5. The fraction of sp³-hybridized carbons (Fsp3) is 0.714. The summed E-state index contributed by atoms with van der Waals surface area (Å²) in [5, 5.41) is 3.30. The van der Waals surface area contributed by atoms with Crippen molar-refractivity contribution >= 4 is 10.8 Å². The molecule has 0 saturated heterocycles. The number of rotatable bonds is 9. The van der Waals surface area contributed by atoms with Crippen LogP contribution in [0.4, 0.5) is 0 Å². The van der Waals surface area contributed by atoms with E-state index >= 15 is 0 Å². The van der Waals surface area contributed by atoms with Gasteiger partial charge in [0.1, 0.15) is 11.5 Å². The number of hydrogen-bond donors (Lipinski definition) is 1. The minimum Gasteiger partial charge on any atom is -0.464 e. The molecule has 0 aliphatic carbocycles. The van der Waals surface area contributed by atoms with Crippen molar-refractivity contribution in [2.24, 2.45) is 0 Å². The van der Waals surface area contributed by atoms with Crippen LogP contribution in [0.1, 0.15) is 51.6 Å². The van der Waals surface area contributed by atoms with Gasteiger partial charge in [-0.2, -0.15) is 0 Å². The molecule has 0 spiro atoms. The van der Waals surface area contributed by atoms with Crippen molar-refractivity contribution in [1.29, 1.82) is 0 Å². The van der Waals surface area contributed by atoms with E-state index in [2.05, 4.69) is 26.1 Å². The Kier molecular flexibility index (Phi) is 7.28. The summed E-state index contributed by atoms with van der Waals surface area (Å²) in [6.07, 6.45) is 3.38. The molecule has 1 rings (SSSR count). The van der Waals surface area contributed by atoms with Gasteiger partial charge < -0.3 is 9.73 Å². The maximum Gasteiger partial charge on any atom is 0.118 e. The van der Waals surface area contributed by atoms with Gasteiger partial charge in [0.25, 0.3) is 0 Å². The van der Waals surface area contributed by atoms with Crippen LogP contribution in [0.3, 0.4) is 0 Å². The van der Waals surface area contributed by atoms with Crippen LogP contribution in [-0.2, 0) is 23.1 Å². The summed E-state index contributed by atoms with van der Waals surface area (Å²) in [6.45, 7) is 7.10. The molecule has 18 heavy (non-hydrogen) atoms. The molecule has 4 heteroatoms. The number of hydrogen-bond acceptors (Lipinski definition) is 3. The Labute approximate surface area is 113 Å². The highest BCUT2D eigenvalue weighted by molar-refractivity contribution is 7.84. The van der Waals surface area contributed by atoms with Gasteiger partial charge in [-0.1, -0.05) is 33.6 Å². The van der Waals surface area contributed by atoms with Crippen LogP contribution in [0, 0.1) is 0 Å². The first kappa shape index (κ1) is 15.4. The van der Waals surface area contributed by atoms with Gasteiger partial charge in [-0.25, -0.2) is 0 Å². The predicted octanol–water partition coefficient (Wildman–Crippen LogP) is 3.22. The summed E-state index contributed by atoms with van der Waals surface area (Å²) in [5.41, 5.74) is 0. The van der Waals surface area contributed by atoms with Gasteiger partial charge in [-0.3, -0.25) is 4.21 Å². The molecule has 1 heterocycles. The predicted molar refractivity (Wildman–Crippen MR) is 76.9 cm³/mol. The first-order valence-corrected chi connectivity index (χ1v) is 8.26. The number of nitrogens with one attached hydrogen (secondary N) is 1. The van der Waals surface area contributed by atoms with Crippen molar-refractivity contribution in [2.75, 3.05) is 5.75 Å². The van der Waals surface area contributed by atoms with E-state index in [1.807, 2.05) is 12.1 Å². The van der Waals surface area contributed by atoms with Gasteiger partial charge >= 0.3 is 0 Å². The zero-order valence-corrected chi connectivity index (χ0v) is 12.5. The first-order chi connectivity index (χ1) is 8.61. The van der Waals surface area contributed by atoms with E-state index < -0.39 is 10.8 Å². The fourth-order valence-corrected chi connectivity index (χ4v) is 2.79. The first-order valence-electron chi connectivity index (χ1n) is 6.77. The molecule has 0 aliphatic rings. The molecule has 1 N–H and O–H groups in total. The van der Waals surface area contributed by atoms with Crippen LogP contribution in [0.25, 0.3) is 0 Å². The topological polar surface area (TPSA) is 42.2 Å². The van der Waals surface area contributed by atoms with Gasteiger partial charge in [0, 0.05) is 22.6 Å². The molecule has 0 aliphatic heterocycles. The van der Waals surface area contributed by atoms with Crippen LogP contribution in [-0.4, -0.2) is 16.0 Å². The molecule has 0 bridgehead atoms. The largest absolute Gasteiger partial charge is 0.464 e. The maximum atomic E-state index is 11.8. The summed E-state index contributed by atoms with van der Waals surface area (Å²) in [5.74, 6) is 3.09. The summed E-state index contributed by atoms with van der Waals surface area (Å²) >= 11 is 0. The molecule has 1 aromatic rings. The highest BCUT2D eigenvalue weighted by atomic mass is 32.2. The smallest absolute Gasteiger partial charge is 0.118 e. The lowest BCUT2D eigenvalue weighted by Gasteiger charge is -2.05. The van der Waals surface area contributed by atoms with Crippen LogP contribution in [0.15, 0.2) is 16.5 Å². The Balaban J connectivity index is 2.32. The normalized spacial score (nSPS) is 13.1. The molecule has 1 atom stereocenters. The lowest BCUT2D eigenvalue weighted by Crippen LogP contribution is -2.21. The van der Waals surface area contributed by atoms with Crippen molar-refractivity contribution in [3.05, 3.63) is 23.7 Å². The zero-order valence-electron chi connectivity index (χ0n) is 11.7. The molecule has 1 aromatic heterocycles. The van der Waals surface area contributed by atoms with E-state index in [0.717, 1.165) is 36.7 Å². The Morgan fingerprint density at radius 2 is 2.00 bits per heavy atom. The highest BCUT2D eigenvalue weighted by Crippen LogP contribution is 2.11. The Bertz CT molecular complexity index is 360. The number of furan rings is 1. The molecular weight excluding hydrogens is 246 g/mol. The molecule has 104 valence electrons. The lowest BCUT2D eigenvalue weighted by atomic mass is 10.3. The number of unbranched alkanes of at least 4 members (excludes halogenated alkanes) is 2. The third kappa shape index (κ3) is 6.36. The second-order valence-corrected chi connectivity index (χ2v) is 6.48. The van der Waals surface area contributed by atoms with Gasteiger partial charge in [-0.15, -0.1) is 0 Å². The van der Waals surface area contributed by atoms with Gasteiger partial charge in [-0.05, 0) is 18.6 Å².